The number of ether oxygens (including phenoxy) is 1. The summed E-state index contributed by atoms with van der Waals surface area (Å²) in [7, 11) is 1.56. The Morgan fingerprint density at radius 1 is 1.10 bits per heavy atom. The Morgan fingerprint density at radius 3 is 2.32 bits per heavy atom. The maximum atomic E-state index is 13.1. The molecule has 0 bridgehead atoms. The second-order valence-corrected chi connectivity index (χ2v) is 8.34. The summed E-state index contributed by atoms with van der Waals surface area (Å²) in [5.41, 5.74) is 0.377. The van der Waals surface area contributed by atoms with E-state index in [1.54, 1.807) is 38.3 Å². The molecule has 0 spiro atoms. The zero-order valence-electron chi connectivity index (χ0n) is 18.3. The zero-order chi connectivity index (χ0) is 22.6. The average molecular weight is 424 g/mol. The molecule has 3 rings (SSSR count). The molecule has 0 saturated carbocycles. The first kappa shape index (κ1) is 22.3. The van der Waals surface area contributed by atoms with Crippen LogP contribution in [-0.4, -0.2) is 36.4 Å². The lowest BCUT2D eigenvalue weighted by Gasteiger charge is -2.24. The number of rotatable bonds is 8. The second kappa shape index (κ2) is 9.20. The number of imide groups is 1. The van der Waals surface area contributed by atoms with Crippen molar-refractivity contribution in [1.29, 1.82) is 0 Å². The largest absolute Gasteiger partial charge is 0.497 e. The molecule has 1 fully saturated rings. The van der Waals surface area contributed by atoms with Crippen LogP contribution < -0.4 is 15.4 Å². The number of hydrogen-bond acceptors (Lipinski definition) is 4. The van der Waals surface area contributed by atoms with E-state index in [0.29, 0.717) is 17.2 Å². The number of carbonyl (C=O) groups excluding carboxylic acids is 3. The van der Waals surface area contributed by atoms with E-state index in [1.807, 2.05) is 30.3 Å². The van der Waals surface area contributed by atoms with Crippen LogP contribution in [0.5, 0.6) is 5.75 Å². The van der Waals surface area contributed by atoms with Gasteiger partial charge in [-0.2, -0.15) is 0 Å². The summed E-state index contributed by atoms with van der Waals surface area (Å²) < 4.78 is 5.15. The maximum absolute atomic E-state index is 13.1. The van der Waals surface area contributed by atoms with Crippen molar-refractivity contribution in [3.63, 3.8) is 0 Å². The first-order valence-corrected chi connectivity index (χ1v) is 10.4. The van der Waals surface area contributed by atoms with Crippen molar-refractivity contribution in [2.75, 3.05) is 13.7 Å². The van der Waals surface area contributed by atoms with E-state index in [0.717, 1.165) is 16.9 Å². The molecule has 0 aromatic heterocycles. The Bertz CT molecular complexity index is 943. The van der Waals surface area contributed by atoms with Crippen molar-refractivity contribution in [1.82, 2.24) is 15.5 Å². The quantitative estimate of drug-likeness (QED) is 0.638. The molecule has 31 heavy (non-hydrogen) atoms. The fraction of sp³-hybridized carbons (Fsp3) is 0.375. The van der Waals surface area contributed by atoms with Gasteiger partial charge in [0.05, 0.1) is 13.2 Å². The Kier molecular flexibility index (Phi) is 6.63. The van der Waals surface area contributed by atoms with Crippen LogP contribution in [0.2, 0.25) is 0 Å². The molecule has 7 nitrogen and oxygen atoms in total. The minimum Gasteiger partial charge on any atom is -0.497 e. The second-order valence-electron chi connectivity index (χ2n) is 8.34. The van der Waals surface area contributed by atoms with E-state index in [1.165, 1.54) is 0 Å². The molecular weight excluding hydrogens is 394 g/mol. The SMILES string of the molecule is COc1ccc(C2(C)NC(=O)N(CC(=O)NC(CC(C)C)c3ccccc3)C2=O)cc1. The van der Waals surface area contributed by atoms with E-state index in [4.69, 9.17) is 4.74 Å². The van der Waals surface area contributed by atoms with Crippen molar-refractivity contribution in [3.8, 4) is 5.75 Å². The highest BCUT2D eigenvalue weighted by atomic mass is 16.5. The minimum atomic E-state index is -1.24. The molecule has 4 amide bonds. The first-order valence-electron chi connectivity index (χ1n) is 10.4. The van der Waals surface area contributed by atoms with Crippen LogP contribution >= 0.6 is 0 Å². The Morgan fingerprint density at radius 2 is 1.74 bits per heavy atom. The van der Waals surface area contributed by atoms with E-state index in [2.05, 4.69) is 24.5 Å². The van der Waals surface area contributed by atoms with Crippen molar-refractivity contribution in [2.24, 2.45) is 5.92 Å². The number of hydrogen-bond donors (Lipinski definition) is 2. The number of urea groups is 1. The Hall–Kier alpha value is -3.35. The Labute approximate surface area is 182 Å². The van der Waals surface area contributed by atoms with Crippen molar-refractivity contribution < 1.29 is 19.1 Å². The van der Waals surface area contributed by atoms with E-state index < -0.39 is 17.5 Å². The summed E-state index contributed by atoms with van der Waals surface area (Å²) >= 11 is 0. The van der Waals surface area contributed by atoms with Crippen LogP contribution in [0.15, 0.2) is 54.6 Å². The highest BCUT2D eigenvalue weighted by Crippen LogP contribution is 2.30. The molecule has 1 heterocycles. The fourth-order valence-corrected chi connectivity index (χ4v) is 3.78. The molecule has 2 aromatic rings. The molecule has 1 aliphatic rings. The molecule has 2 atom stereocenters. The number of benzene rings is 2. The number of nitrogens with zero attached hydrogens (tertiary/aromatic N) is 1. The van der Waals surface area contributed by atoms with Gasteiger partial charge in [0.15, 0.2) is 0 Å². The predicted molar refractivity (Wildman–Crippen MR) is 117 cm³/mol. The van der Waals surface area contributed by atoms with Crippen LogP contribution in [0.25, 0.3) is 0 Å². The predicted octanol–water partition coefficient (Wildman–Crippen LogP) is 3.37. The van der Waals surface area contributed by atoms with Crippen molar-refractivity contribution in [3.05, 3.63) is 65.7 Å². The molecule has 164 valence electrons. The van der Waals surface area contributed by atoms with Crippen LogP contribution in [-0.2, 0) is 15.1 Å². The number of methoxy groups -OCH3 is 1. The molecule has 1 aliphatic heterocycles. The highest BCUT2D eigenvalue weighted by molar-refractivity contribution is 6.09. The molecule has 0 aliphatic carbocycles. The Balaban J connectivity index is 1.73. The summed E-state index contributed by atoms with van der Waals surface area (Å²) in [4.78, 5) is 39.4. The molecule has 7 heteroatoms. The third kappa shape index (κ3) is 4.87. The van der Waals surface area contributed by atoms with Crippen LogP contribution in [0.3, 0.4) is 0 Å². The average Bonchev–Trinajstić information content (AvgIpc) is 2.97. The minimum absolute atomic E-state index is 0.192. The topological polar surface area (TPSA) is 87.7 Å². The summed E-state index contributed by atoms with van der Waals surface area (Å²) in [6.07, 6.45) is 0.749. The van der Waals surface area contributed by atoms with Gasteiger partial charge in [0.25, 0.3) is 5.91 Å². The van der Waals surface area contributed by atoms with Gasteiger partial charge in [-0.1, -0.05) is 56.3 Å². The summed E-state index contributed by atoms with van der Waals surface area (Å²) in [5.74, 6) is 0.174. The lowest BCUT2D eigenvalue weighted by Crippen LogP contribution is -2.44. The van der Waals surface area contributed by atoms with Gasteiger partial charge in [0.2, 0.25) is 5.91 Å². The lowest BCUT2D eigenvalue weighted by atomic mass is 9.92. The number of carbonyl (C=O) groups is 3. The van der Waals surface area contributed by atoms with E-state index in [9.17, 15) is 14.4 Å². The summed E-state index contributed by atoms with van der Waals surface area (Å²) in [6, 6.07) is 15.8. The fourth-order valence-electron chi connectivity index (χ4n) is 3.78. The van der Waals surface area contributed by atoms with Gasteiger partial charge < -0.3 is 15.4 Å². The molecule has 2 aromatic carbocycles. The monoisotopic (exact) mass is 423 g/mol. The van der Waals surface area contributed by atoms with Gasteiger partial charge in [0, 0.05) is 0 Å². The van der Waals surface area contributed by atoms with Crippen molar-refractivity contribution in [2.45, 2.75) is 38.8 Å². The van der Waals surface area contributed by atoms with Gasteiger partial charge >= 0.3 is 6.03 Å². The van der Waals surface area contributed by atoms with E-state index >= 15 is 0 Å². The number of amides is 4. The van der Waals surface area contributed by atoms with Gasteiger partial charge in [-0.05, 0) is 42.5 Å². The van der Waals surface area contributed by atoms with Gasteiger partial charge in [0.1, 0.15) is 17.8 Å². The van der Waals surface area contributed by atoms with Crippen LogP contribution in [0.1, 0.15) is 44.4 Å². The van der Waals surface area contributed by atoms with Gasteiger partial charge in [-0.25, -0.2) is 4.79 Å². The smallest absolute Gasteiger partial charge is 0.325 e. The maximum Gasteiger partial charge on any atom is 0.325 e. The van der Waals surface area contributed by atoms with Crippen molar-refractivity contribution >= 4 is 17.8 Å². The van der Waals surface area contributed by atoms with Crippen LogP contribution in [0.4, 0.5) is 4.79 Å². The highest BCUT2D eigenvalue weighted by Gasteiger charge is 2.49. The number of nitrogens with one attached hydrogen (secondary N) is 2. The third-order valence-electron chi connectivity index (χ3n) is 5.49. The summed E-state index contributed by atoms with van der Waals surface area (Å²) in [5, 5.41) is 5.71. The standard InChI is InChI=1S/C24H29N3O4/c1-16(2)14-20(17-8-6-5-7-9-17)25-21(28)15-27-22(29)24(3,26-23(27)30)18-10-12-19(31-4)13-11-18/h5-13,16,20H,14-15H2,1-4H3,(H,25,28)(H,26,30). The molecule has 2 unspecified atom stereocenters. The summed E-state index contributed by atoms with van der Waals surface area (Å²) in [6.45, 7) is 5.47. The van der Waals surface area contributed by atoms with Gasteiger partial charge in [-0.15, -0.1) is 0 Å². The molecular formula is C24H29N3O4. The molecule has 2 N–H and O–H groups in total. The zero-order valence-corrected chi connectivity index (χ0v) is 18.3. The molecule has 1 saturated heterocycles. The normalized spacial score (nSPS) is 19.3. The van der Waals surface area contributed by atoms with Gasteiger partial charge in [-0.3, -0.25) is 14.5 Å². The van der Waals surface area contributed by atoms with Crippen LogP contribution in [0, 0.1) is 5.92 Å². The molecule has 0 radical (unpaired) electrons. The lowest BCUT2D eigenvalue weighted by molar-refractivity contribution is -0.135. The first-order chi connectivity index (χ1) is 14.7. The third-order valence-corrected chi connectivity index (χ3v) is 5.49. The van der Waals surface area contributed by atoms with E-state index in [-0.39, 0.29) is 18.5 Å².